The second-order valence-corrected chi connectivity index (χ2v) is 4.30. The van der Waals surface area contributed by atoms with Crippen LogP contribution in [0.3, 0.4) is 0 Å². The van der Waals surface area contributed by atoms with Crippen molar-refractivity contribution >= 4 is 17.7 Å². The highest BCUT2D eigenvalue weighted by atomic mass is 32.2. The number of hydrogen-bond acceptors (Lipinski definition) is 5. The first-order chi connectivity index (χ1) is 8.69. The van der Waals surface area contributed by atoms with E-state index in [9.17, 15) is 4.79 Å². The molecule has 2 heterocycles. The minimum atomic E-state index is -1.09. The lowest BCUT2D eigenvalue weighted by atomic mass is 10.5. The summed E-state index contributed by atoms with van der Waals surface area (Å²) in [4.78, 5) is 14.9. The molecule has 1 N–H and O–H groups in total. The van der Waals surface area contributed by atoms with E-state index in [1.165, 1.54) is 17.8 Å². The molecule has 6 heteroatoms. The number of furan rings is 1. The van der Waals surface area contributed by atoms with E-state index < -0.39 is 5.97 Å². The van der Waals surface area contributed by atoms with Gasteiger partial charge < -0.3 is 14.3 Å². The molecule has 0 aliphatic heterocycles. The third-order valence-corrected chi connectivity index (χ3v) is 2.84. The SMILES string of the molecule is CCOc1cccc(Sc2ccc(C(=O)O)o2)n1. The fourth-order valence-corrected chi connectivity index (χ4v) is 2.03. The number of carbonyl (C=O) groups is 1. The van der Waals surface area contributed by atoms with Gasteiger partial charge in [0, 0.05) is 6.07 Å². The Kier molecular flexibility index (Phi) is 3.88. The van der Waals surface area contributed by atoms with E-state index in [-0.39, 0.29) is 5.76 Å². The molecule has 0 saturated heterocycles. The average Bonchev–Trinajstić information content (AvgIpc) is 2.78. The standard InChI is InChI=1S/C12H11NO4S/c1-2-16-9-4-3-5-10(13-9)18-11-7-6-8(17-11)12(14)15/h3-7H,2H2,1H3,(H,14,15). The average molecular weight is 265 g/mol. The highest BCUT2D eigenvalue weighted by Gasteiger charge is 2.10. The molecule has 0 unspecified atom stereocenters. The molecule has 0 aromatic carbocycles. The molecule has 0 saturated carbocycles. The predicted molar refractivity (Wildman–Crippen MR) is 65.2 cm³/mol. The van der Waals surface area contributed by atoms with Crippen molar-refractivity contribution in [1.82, 2.24) is 4.98 Å². The van der Waals surface area contributed by atoms with Crippen molar-refractivity contribution in [1.29, 1.82) is 0 Å². The van der Waals surface area contributed by atoms with Crippen molar-refractivity contribution in [3.8, 4) is 5.88 Å². The van der Waals surface area contributed by atoms with Gasteiger partial charge in [0.25, 0.3) is 0 Å². The van der Waals surface area contributed by atoms with E-state index >= 15 is 0 Å². The van der Waals surface area contributed by atoms with Gasteiger partial charge in [-0.25, -0.2) is 9.78 Å². The molecule has 0 atom stereocenters. The fourth-order valence-electron chi connectivity index (χ4n) is 1.27. The van der Waals surface area contributed by atoms with Gasteiger partial charge in [-0.15, -0.1) is 0 Å². The summed E-state index contributed by atoms with van der Waals surface area (Å²) in [7, 11) is 0. The van der Waals surface area contributed by atoms with E-state index in [1.807, 2.05) is 13.0 Å². The van der Waals surface area contributed by atoms with Gasteiger partial charge in [0.15, 0.2) is 5.09 Å². The number of carboxylic acids is 1. The lowest BCUT2D eigenvalue weighted by molar-refractivity contribution is 0.0656. The molecule has 0 spiro atoms. The first kappa shape index (κ1) is 12.5. The summed E-state index contributed by atoms with van der Waals surface area (Å²) in [6.45, 7) is 2.43. The Balaban J connectivity index is 2.12. The minimum Gasteiger partial charge on any atom is -0.478 e. The first-order valence-electron chi connectivity index (χ1n) is 5.30. The molecule has 0 aliphatic carbocycles. The third-order valence-electron chi connectivity index (χ3n) is 1.99. The van der Waals surface area contributed by atoms with E-state index in [2.05, 4.69) is 4.98 Å². The van der Waals surface area contributed by atoms with E-state index in [1.54, 1.807) is 18.2 Å². The van der Waals surface area contributed by atoms with Crippen LogP contribution in [0, 0.1) is 0 Å². The van der Waals surface area contributed by atoms with Crippen LogP contribution in [0.5, 0.6) is 5.88 Å². The van der Waals surface area contributed by atoms with Crippen molar-refractivity contribution < 1.29 is 19.1 Å². The highest BCUT2D eigenvalue weighted by molar-refractivity contribution is 7.99. The Labute approximate surface area is 108 Å². The van der Waals surface area contributed by atoms with Crippen LogP contribution in [-0.2, 0) is 0 Å². The molecule has 0 fully saturated rings. The number of aromatic nitrogens is 1. The molecule has 2 aromatic rings. The van der Waals surface area contributed by atoms with Gasteiger partial charge in [0.05, 0.1) is 6.61 Å². The first-order valence-corrected chi connectivity index (χ1v) is 6.11. The summed E-state index contributed by atoms with van der Waals surface area (Å²) in [5.41, 5.74) is 0. The zero-order valence-corrected chi connectivity index (χ0v) is 10.4. The van der Waals surface area contributed by atoms with Crippen LogP contribution < -0.4 is 4.74 Å². The topological polar surface area (TPSA) is 72.6 Å². The Bertz CT molecular complexity index is 553. The summed E-state index contributed by atoms with van der Waals surface area (Å²) in [5.74, 6) is -0.635. The van der Waals surface area contributed by atoms with Gasteiger partial charge in [-0.05, 0) is 36.9 Å². The molecule has 5 nitrogen and oxygen atoms in total. The van der Waals surface area contributed by atoms with E-state index in [0.29, 0.717) is 22.6 Å². The lowest BCUT2D eigenvalue weighted by Gasteiger charge is -2.02. The van der Waals surface area contributed by atoms with E-state index in [4.69, 9.17) is 14.3 Å². The molecule has 0 radical (unpaired) electrons. The quantitative estimate of drug-likeness (QED) is 0.896. The maximum absolute atomic E-state index is 10.7. The number of rotatable bonds is 5. The molecular formula is C12H11NO4S. The molecule has 2 aromatic heterocycles. The molecule has 18 heavy (non-hydrogen) atoms. The largest absolute Gasteiger partial charge is 0.478 e. The molecule has 94 valence electrons. The summed E-state index contributed by atoms with van der Waals surface area (Å²) >= 11 is 1.24. The Morgan fingerprint density at radius 2 is 2.28 bits per heavy atom. The number of hydrogen-bond donors (Lipinski definition) is 1. The normalized spacial score (nSPS) is 10.3. The van der Waals surface area contributed by atoms with Gasteiger partial charge >= 0.3 is 5.97 Å². The molecular weight excluding hydrogens is 254 g/mol. The van der Waals surface area contributed by atoms with Crippen LogP contribution in [0.15, 0.2) is 44.9 Å². The third kappa shape index (κ3) is 3.04. The zero-order valence-electron chi connectivity index (χ0n) is 9.62. The highest BCUT2D eigenvalue weighted by Crippen LogP contribution is 2.28. The van der Waals surface area contributed by atoms with Crippen LogP contribution in [0.1, 0.15) is 17.5 Å². The summed E-state index contributed by atoms with van der Waals surface area (Å²) in [6, 6.07) is 8.40. The van der Waals surface area contributed by atoms with Crippen molar-refractivity contribution in [3.05, 3.63) is 36.1 Å². The van der Waals surface area contributed by atoms with Crippen LogP contribution >= 0.6 is 11.8 Å². The van der Waals surface area contributed by atoms with E-state index in [0.717, 1.165) is 0 Å². The summed E-state index contributed by atoms with van der Waals surface area (Å²) in [5, 5.41) is 9.91. The second-order valence-electron chi connectivity index (χ2n) is 3.27. The zero-order chi connectivity index (χ0) is 13.0. The van der Waals surface area contributed by atoms with Crippen molar-refractivity contribution in [3.63, 3.8) is 0 Å². The Morgan fingerprint density at radius 1 is 1.44 bits per heavy atom. The number of carboxylic acid groups (broad SMARTS) is 1. The monoisotopic (exact) mass is 265 g/mol. The maximum atomic E-state index is 10.7. The number of nitrogens with zero attached hydrogens (tertiary/aromatic N) is 1. The predicted octanol–water partition coefficient (Wildman–Crippen LogP) is 2.92. The number of pyridine rings is 1. The van der Waals surface area contributed by atoms with Crippen molar-refractivity contribution in [2.45, 2.75) is 17.0 Å². The van der Waals surface area contributed by atoms with Crippen LogP contribution in [0.2, 0.25) is 0 Å². The maximum Gasteiger partial charge on any atom is 0.371 e. The smallest absolute Gasteiger partial charge is 0.371 e. The van der Waals surface area contributed by atoms with Gasteiger partial charge in [-0.3, -0.25) is 0 Å². The van der Waals surface area contributed by atoms with Crippen LogP contribution in [-0.4, -0.2) is 22.7 Å². The van der Waals surface area contributed by atoms with Gasteiger partial charge in [-0.1, -0.05) is 6.07 Å². The molecule has 0 amide bonds. The van der Waals surface area contributed by atoms with Crippen molar-refractivity contribution in [2.75, 3.05) is 6.61 Å². The molecule has 2 rings (SSSR count). The lowest BCUT2D eigenvalue weighted by Crippen LogP contribution is -1.94. The van der Waals surface area contributed by atoms with Gasteiger partial charge in [0.2, 0.25) is 11.6 Å². The number of ether oxygens (including phenoxy) is 1. The van der Waals surface area contributed by atoms with Gasteiger partial charge in [0.1, 0.15) is 5.03 Å². The van der Waals surface area contributed by atoms with Crippen molar-refractivity contribution in [2.24, 2.45) is 0 Å². The molecule has 0 bridgehead atoms. The fraction of sp³-hybridized carbons (Fsp3) is 0.167. The second kappa shape index (κ2) is 5.59. The summed E-state index contributed by atoms with van der Waals surface area (Å²) in [6.07, 6.45) is 0. The number of aromatic carboxylic acids is 1. The van der Waals surface area contributed by atoms with Gasteiger partial charge in [-0.2, -0.15) is 0 Å². The van der Waals surface area contributed by atoms with Crippen LogP contribution in [0.4, 0.5) is 0 Å². The summed E-state index contributed by atoms with van der Waals surface area (Å²) < 4.78 is 10.4. The van der Waals surface area contributed by atoms with Crippen LogP contribution in [0.25, 0.3) is 0 Å². The Hall–Kier alpha value is -1.95. The Morgan fingerprint density at radius 3 is 2.94 bits per heavy atom. The molecule has 0 aliphatic rings. The minimum absolute atomic E-state index is 0.0848.